The average Bonchev–Trinajstić information content (AvgIpc) is 2.88. The lowest BCUT2D eigenvalue weighted by Gasteiger charge is -2.29. The number of sulfonamides is 1. The molecule has 2 fully saturated rings. The van der Waals surface area contributed by atoms with Crippen LogP contribution in [0.4, 0.5) is 0 Å². The molecule has 8 heteroatoms. The lowest BCUT2D eigenvalue weighted by Crippen LogP contribution is -2.38. The molecule has 2 aromatic rings. The maximum Gasteiger partial charge on any atom is 0.255 e. The van der Waals surface area contributed by atoms with Gasteiger partial charge in [-0.25, -0.2) is 8.42 Å². The molecule has 2 aliphatic heterocycles. The molecule has 0 spiro atoms. The molecule has 35 heavy (non-hydrogen) atoms. The van der Waals surface area contributed by atoms with E-state index < -0.39 is 10.0 Å². The Kier molecular flexibility index (Phi) is 8.46. The molecule has 2 aliphatic rings. The second-order valence-electron chi connectivity index (χ2n) is 9.79. The van der Waals surface area contributed by atoms with Gasteiger partial charge in [0.25, 0.3) is 5.91 Å². The van der Waals surface area contributed by atoms with Crippen LogP contribution in [0.2, 0.25) is 0 Å². The normalized spacial score (nSPS) is 18.3. The zero-order valence-corrected chi connectivity index (χ0v) is 21.6. The summed E-state index contributed by atoms with van der Waals surface area (Å²) in [4.78, 5) is 15.7. The quantitative estimate of drug-likeness (QED) is 0.593. The lowest BCUT2D eigenvalue weighted by atomic mass is 10.0. The van der Waals surface area contributed by atoms with Crippen molar-refractivity contribution in [2.24, 2.45) is 5.92 Å². The minimum Gasteiger partial charge on any atom is -0.496 e. The van der Waals surface area contributed by atoms with Crippen molar-refractivity contribution in [1.82, 2.24) is 14.5 Å². The number of amides is 1. The van der Waals surface area contributed by atoms with E-state index in [1.165, 1.54) is 48.4 Å². The van der Waals surface area contributed by atoms with Crippen LogP contribution in [0.5, 0.6) is 5.75 Å². The summed E-state index contributed by atoms with van der Waals surface area (Å²) in [6.45, 7) is 6.70. The number of piperidine rings is 2. The van der Waals surface area contributed by atoms with Gasteiger partial charge in [0.1, 0.15) is 5.75 Å². The SMILES string of the molecule is COc1ccc(S(=O)(=O)N2CCC(C)CC2)cc1C(=O)NCc1cccc(CN2CCCCC2)c1. The first kappa shape index (κ1) is 25.7. The van der Waals surface area contributed by atoms with Gasteiger partial charge in [-0.1, -0.05) is 37.6 Å². The highest BCUT2D eigenvalue weighted by Gasteiger charge is 2.29. The molecule has 4 rings (SSSR count). The fraction of sp³-hybridized carbons (Fsp3) is 0.519. The second-order valence-corrected chi connectivity index (χ2v) is 11.7. The van der Waals surface area contributed by atoms with Gasteiger partial charge in [0.05, 0.1) is 17.6 Å². The summed E-state index contributed by atoms with van der Waals surface area (Å²) in [5, 5.41) is 2.94. The predicted molar refractivity (Wildman–Crippen MR) is 137 cm³/mol. The van der Waals surface area contributed by atoms with Gasteiger partial charge >= 0.3 is 0 Å². The van der Waals surface area contributed by atoms with E-state index in [9.17, 15) is 13.2 Å². The Balaban J connectivity index is 1.45. The Bertz CT molecular complexity index is 1120. The van der Waals surface area contributed by atoms with Crippen molar-refractivity contribution in [1.29, 1.82) is 0 Å². The third-order valence-electron chi connectivity index (χ3n) is 7.10. The van der Waals surface area contributed by atoms with Crippen molar-refractivity contribution in [3.63, 3.8) is 0 Å². The van der Waals surface area contributed by atoms with E-state index in [4.69, 9.17) is 4.74 Å². The van der Waals surface area contributed by atoms with Crippen LogP contribution in [0.1, 0.15) is 60.5 Å². The minimum atomic E-state index is -3.66. The number of carbonyl (C=O) groups excluding carboxylic acids is 1. The number of nitrogens with one attached hydrogen (secondary N) is 1. The van der Waals surface area contributed by atoms with E-state index in [0.717, 1.165) is 38.0 Å². The number of methoxy groups -OCH3 is 1. The van der Waals surface area contributed by atoms with Crippen LogP contribution in [0.3, 0.4) is 0 Å². The van der Waals surface area contributed by atoms with E-state index in [0.29, 0.717) is 31.3 Å². The number of hydrogen-bond donors (Lipinski definition) is 1. The first-order chi connectivity index (χ1) is 16.9. The molecule has 0 aromatic heterocycles. The molecular formula is C27H37N3O4S. The molecule has 0 radical (unpaired) electrons. The first-order valence-corrected chi connectivity index (χ1v) is 14.1. The van der Waals surface area contributed by atoms with E-state index in [1.807, 2.05) is 12.1 Å². The molecule has 1 amide bonds. The number of benzene rings is 2. The van der Waals surface area contributed by atoms with E-state index in [2.05, 4.69) is 29.3 Å². The van der Waals surface area contributed by atoms with Crippen LogP contribution in [-0.4, -0.2) is 56.8 Å². The van der Waals surface area contributed by atoms with Gasteiger partial charge in [0, 0.05) is 26.2 Å². The average molecular weight is 500 g/mol. The largest absolute Gasteiger partial charge is 0.496 e. The number of ether oxygens (including phenoxy) is 1. The molecule has 1 N–H and O–H groups in total. The number of hydrogen-bond acceptors (Lipinski definition) is 5. The summed E-state index contributed by atoms with van der Waals surface area (Å²) in [5.74, 6) is 0.525. The van der Waals surface area contributed by atoms with Gasteiger partial charge in [0.15, 0.2) is 0 Å². The van der Waals surface area contributed by atoms with Crippen LogP contribution >= 0.6 is 0 Å². The summed E-state index contributed by atoms with van der Waals surface area (Å²) in [6.07, 6.45) is 5.51. The Labute approximate surface area is 209 Å². The van der Waals surface area contributed by atoms with Crippen LogP contribution in [0, 0.1) is 5.92 Å². The topological polar surface area (TPSA) is 79.0 Å². The van der Waals surface area contributed by atoms with Crippen LogP contribution in [0.15, 0.2) is 47.4 Å². The van der Waals surface area contributed by atoms with Crippen molar-refractivity contribution in [3.8, 4) is 5.75 Å². The highest BCUT2D eigenvalue weighted by Crippen LogP contribution is 2.27. The van der Waals surface area contributed by atoms with Crippen LogP contribution < -0.4 is 10.1 Å². The number of carbonyl (C=O) groups is 1. The van der Waals surface area contributed by atoms with Gasteiger partial charge in [-0.15, -0.1) is 0 Å². The number of rotatable bonds is 8. The Morgan fingerprint density at radius 3 is 2.43 bits per heavy atom. The summed E-state index contributed by atoms with van der Waals surface area (Å²) >= 11 is 0. The molecule has 2 saturated heterocycles. The molecule has 2 aromatic carbocycles. The van der Waals surface area contributed by atoms with Gasteiger partial charge in [-0.3, -0.25) is 9.69 Å². The van der Waals surface area contributed by atoms with Crippen molar-refractivity contribution < 1.29 is 17.9 Å². The summed E-state index contributed by atoms with van der Waals surface area (Å²) in [6, 6.07) is 12.8. The van der Waals surface area contributed by atoms with Gasteiger partial charge in [-0.2, -0.15) is 4.31 Å². The Hall–Kier alpha value is -2.42. The highest BCUT2D eigenvalue weighted by atomic mass is 32.2. The summed E-state index contributed by atoms with van der Waals surface area (Å²) in [7, 11) is -2.18. The van der Waals surface area contributed by atoms with Gasteiger partial charge in [0.2, 0.25) is 10.0 Å². The highest BCUT2D eigenvalue weighted by molar-refractivity contribution is 7.89. The number of likely N-dealkylation sites (tertiary alicyclic amines) is 1. The Morgan fingerprint density at radius 2 is 1.71 bits per heavy atom. The standard InChI is InChI=1S/C27H37N3O4S/c1-21-11-15-30(16-12-21)35(32,33)24-9-10-26(34-2)25(18-24)27(31)28-19-22-7-6-8-23(17-22)20-29-13-4-3-5-14-29/h6-10,17-18,21H,3-5,11-16,19-20H2,1-2H3,(H,28,31). The Morgan fingerprint density at radius 1 is 1.00 bits per heavy atom. The molecule has 0 unspecified atom stereocenters. The maximum absolute atomic E-state index is 13.2. The van der Waals surface area contributed by atoms with Crippen LogP contribution in [0.25, 0.3) is 0 Å². The molecular weight excluding hydrogens is 462 g/mol. The third kappa shape index (κ3) is 6.42. The fourth-order valence-electron chi connectivity index (χ4n) is 4.89. The zero-order valence-electron chi connectivity index (χ0n) is 20.8. The monoisotopic (exact) mass is 499 g/mol. The maximum atomic E-state index is 13.2. The predicted octanol–water partition coefficient (Wildman–Crippen LogP) is 4.03. The van der Waals surface area contributed by atoms with E-state index in [-0.39, 0.29) is 16.4 Å². The fourth-order valence-corrected chi connectivity index (χ4v) is 6.39. The van der Waals surface area contributed by atoms with Crippen molar-refractivity contribution in [2.45, 2.75) is 57.0 Å². The molecule has 2 heterocycles. The van der Waals surface area contributed by atoms with Crippen LogP contribution in [-0.2, 0) is 23.1 Å². The van der Waals surface area contributed by atoms with Crippen molar-refractivity contribution in [3.05, 3.63) is 59.2 Å². The summed E-state index contributed by atoms with van der Waals surface area (Å²) in [5.41, 5.74) is 2.47. The minimum absolute atomic E-state index is 0.126. The van der Waals surface area contributed by atoms with Gasteiger partial charge < -0.3 is 10.1 Å². The summed E-state index contributed by atoms with van der Waals surface area (Å²) < 4.78 is 33.3. The van der Waals surface area contributed by atoms with Crippen molar-refractivity contribution in [2.75, 3.05) is 33.3 Å². The smallest absolute Gasteiger partial charge is 0.255 e. The number of nitrogens with zero attached hydrogens (tertiary/aromatic N) is 2. The lowest BCUT2D eigenvalue weighted by molar-refractivity contribution is 0.0947. The van der Waals surface area contributed by atoms with E-state index >= 15 is 0 Å². The molecule has 0 atom stereocenters. The molecule has 190 valence electrons. The molecule has 0 bridgehead atoms. The molecule has 0 aliphatic carbocycles. The first-order valence-electron chi connectivity index (χ1n) is 12.6. The molecule has 7 nitrogen and oxygen atoms in total. The second kappa shape index (κ2) is 11.5. The third-order valence-corrected chi connectivity index (χ3v) is 8.99. The van der Waals surface area contributed by atoms with Gasteiger partial charge in [-0.05, 0) is 74.0 Å². The zero-order chi connectivity index (χ0) is 24.8. The van der Waals surface area contributed by atoms with E-state index in [1.54, 1.807) is 6.07 Å². The van der Waals surface area contributed by atoms with Crippen molar-refractivity contribution >= 4 is 15.9 Å². The molecule has 0 saturated carbocycles.